The molecule has 11 heteroatoms. The van der Waals surface area contributed by atoms with Crippen LogP contribution in [-0.4, -0.2) is 64.5 Å². The van der Waals surface area contributed by atoms with E-state index in [9.17, 15) is 29.6 Å². The number of carboxylic acids is 1. The van der Waals surface area contributed by atoms with Gasteiger partial charge in [-0.3, -0.25) is 9.59 Å². The van der Waals surface area contributed by atoms with E-state index in [4.69, 9.17) is 9.39 Å². The molecule has 1 amide bonds. The fraction of sp³-hybridized carbons (Fsp3) is 0.686. The molecule has 0 radical (unpaired) electrons. The van der Waals surface area contributed by atoms with Crippen LogP contribution in [0.3, 0.4) is 0 Å². The van der Waals surface area contributed by atoms with Crippen LogP contribution >= 0.6 is 0 Å². The zero-order valence-electron chi connectivity index (χ0n) is 28.4. The number of ether oxygens (including phenoxy) is 1. The van der Waals surface area contributed by atoms with Crippen molar-refractivity contribution in [2.75, 3.05) is 11.4 Å². The van der Waals surface area contributed by atoms with Crippen LogP contribution in [0.2, 0.25) is 0 Å². The number of benzene rings is 1. The lowest BCUT2D eigenvalue weighted by atomic mass is 9.43. The molecule has 10 nitrogen and oxygen atoms in total. The lowest BCUT2D eigenvalue weighted by molar-refractivity contribution is -0.164. The molecule has 46 heavy (non-hydrogen) atoms. The Bertz CT molecular complexity index is 1410. The highest BCUT2D eigenvalue weighted by Gasteiger charge is 2.68. The minimum absolute atomic E-state index is 0.0480. The van der Waals surface area contributed by atoms with Crippen molar-refractivity contribution in [2.45, 2.75) is 111 Å². The van der Waals surface area contributed by atoms with Gasteiger partial charge in [0.2, 0.25) is 0 Å². The van der Waals surface area contributed by atoms with E-state index >= 15 is 0 Å². The first-order valence-corrected chi connectivity index (χ1v) is 16.6. The highest BCUT2D eigenvalue weighted by Crippen LogP contribution is 2.68. The van der Waals surface area contributed by atoms with Crippen molar-refractivity contribution in [3.05, 3.63) is 35.9 Å². The van der Waals surface area contributed by atoms with E-state index in [0.29, 0.717) is 36.0 Å². The number of hydrogen-bond acceptors (Lipinski definition) is 8. The number of alkyl carbamates (subject to hydrolysis) is 1. The molecule has 1 aliphatic heterocycles. The van der Waals surface area contributed by atoms with E-state index in [0.717, 1.165) is 18.4 Å². The van der Waals surface area contributed by atoms with Crippen molar-refractivity contribution < 1.29 is 39.0 Å². The molecule has 252 valence electrons. The molecule has 3 aliphatic carbocycles. The first-order valence-electron chi connectivity index (χ1n) is 16.6. The van der Waals surface area contributed by atoms with Crippen LogP contribution in [0.15, 0.2) is 24.8 Å². The molecule has 0 spiro atoms. The summed E-state index contributed by atoms with van der Waals surface area (Å²) in [6.07, 6.45) is 3.51. The molecule has 2 bridgehead atoms. The summed E-state index contributed by atoms with van der Waals surface area (Å²) >= 11 is 0. The number of aliphatic carboxylic acids is 1. The van der Waals surface area contributed by atoms with Crippen LogP contribution in [0, 0.1) is 34.0 Å². The van der Waals surface area contributed by atoms with Crippen LogP contribution < -0.4 is 15.7 Å². The number of anilines is 1. The molecule has 4 N–H and O–H groups in total. The normalized spacial score (nSPS) is 35.5. The van der Waals surface area contributed by atoms with Gasteiger partial charge in [-0.15, -0.1) is 6.58 Å². The quantitative estimate of drug-likeness (QED) is 0.255. The van der Waals surface area contributed by atoms with E-state index in [2.05, 4.69) is 32.7 Å². The molecule has 5 rings (SSSR count). The largest absolute Gasteiger partial charge is 0.492 e. The molecule has 0 unspecified atom stereocenters. The zero-order valence-corrected chi connectivity index (χ0v) is 28.4. The third-order valence-electron chi connectivity index (χ3n) is 12.2. The van der Waals surface area contributed by atoms with Crippen molar-refractivity contribution >= 4 is 36.1 Å². The van der Waals surface area contributed by atoms with Crippen molar-refractivity contribution in [1.29, 1.82) is 0 Å². The van der Waals surface area contributed by atoms with Crippen LogP contribution in [0.25, 0.3) is 0 Å². The van der Waals surface area contributed by atoms with E-state index in [-0.39, 0.29) is 36.7 Å². The molecule has 1 heterocycles. The lowest BCUT2D eigenvalue weighted by Gasteiger charge is -2.64. The lowest BCUT2D eigenvalue weighted by Crippen LogP contribution is -2.66. The summed E-state index contributed by atoms with van der Waals surface area (Å²) in [6, 6.07) is 3.14. The SMILES string of the molecule is C=C[C@]1(C)C[C@@H](N(CC(=O)O)c2ccc3c(c2CNC(=O)OC(C)(C)C)B(O)OC3)[C@]2(C)[C@H](C)CC[C@]3(CCC(=O)[C@H]32)[C@@H](C)[C@@H]1O. The van der Waals surface area contributed by atoms with Gasteiger partial charge in [0.15, 0.2) is 0 Å². The van der Waals surface area contributed by atoms with E-state index in [1.54, 1.807) is 26.8 Å². The van der Waals surface area contributed by atoms with Gasteiger partial charge in [-0.1, -0.05) is 39.8 Å². The maximum Gasteiger partial charge on any atom is 0.492 e. The molecule has 1 aromatic rings. The number of fused-ring (bicyclic) bond motifs is 1. The molecule has 3 fully saturated rings. The van der Waals surface area contributed by atoms with Gasteiger partial charge < -0.3 is 34.8 Å². The monoisotopic (exact) mass is 638 g/mol. The van der Waals surface area contributed by atoms with Gasteiger partial charge in [0.25, 0.3) is 0 Å². The number of carbonyl (C=O) groups excluding carboxylic acids is 2. The predicted octanol–water partition coefficient (Wildman–Crippen LogP) is 4.18. The van der Waals surface area contributed by atoms with Gasteiger partial charge in [0.1, 0.15) is 17.9 Å². The second-order valence-electron chi connectivity index (χ2n) is 15.8. The molecule has 4 aliphatic rings. The number of hydrogen-bond donors (Lipinski definition) is 4. The first-order chi connectivity index (χ1) is 21.4. The number of nitrogens with one attached hydrogen (secondary N) is 1. The summed E-state index contributed by atoms with van der Waals surface area (Å²) in [4.78, 5) is 41.5. The Morgan fingerprint density at radius 2 is 1.93 bits per heavy atom. The molecular weight excluding hydrogens is 587 g/mol. The first kappa shape index (κ1) is 34.4. The van der Waals surface area contributed by atoms with Crippen LogP contribution in [0.4, 0.5) is 10.5 Å². The number of amides is 1. The Balaban J connectivity index is 1.73. The summed E-state index contributed by atoms with van der Waals surface area (Å²) in [5.41, 5.74) is -0.324. The number of Topliss-reactive ketones (excluding diaryl/α,β-unsaturated/α-hetero) is 1. The predicted molar refractivity (Wildman–Crippen MR) is 175 cm³/mol. The Morgan fingerprint density at radius 3 is 2.57 bits per heavy atom. The molecule has 8 atom stereocenters. The van der Waals surface area contributed by atoms with Crippen LogP contribution in [-0.2, 0) is 32.1 Å². The molecule has 3 saturated carbocycles. The summed E-state index contributed by atoms with van der Waals surface area (Å²) in [5, 5.41) is 36.3. The van der Waals surface area contributed by atoms with Crippen LogP contribution in [0.5, 0.6) is 0 Å². The molecular formula is C35H51BN2O8. The van der Waals surface area contributed by atoms with Crippen molar-refractivity contribution in [3.8, 4) is 0 Å². The third-order valence-corrected chi connectivity index (χ3v) is 12.2. The van der Waals surface area contributed by atoms with E-state index in [1.807, 2.05) is 24.0 Å². The molecule has 1 aromatic carbocycles. The Kier molecular flexibility index (Phi) is 8.97. The molecule has 0 aromatic heterocycles. The number of rotatable bonds is 7. The van der Waals surface area contributed by atoms with E-state index in [1.165, 1.54) is 0 Å². The average molecular weight is 639 g/mol. The second kappa shape index (κ2) is 12.0. The Labute approximate surface area is 273 Å². The molecule has 0 saturated heterocycles. The highest BCUT2D eigenvalue weighted by molar-refractivity contribution is 6.62. The second-order valence-corrected chi connectivity index (χ2v) is 15.8. The maximum atomic E-state index is 14.0. The number of carboxylic acid groups (broad SMARTS) is 1. The van der Waals surface area contributed by atoms with Gasteiger partial charge in [-0.05, 0) is 86.4 Å². The summed E-state index contributed by atoms with van der Waals surface area (Å²) in [7, 11) is -1.26. The van der Waals surface area contributed by atoms with Gasteiger partial charge in [-0.2, -0.15) is 0 Å². The average Bonchev–Trinajstić information content (AvgIpc) is 3.53. The van der Waals surface area contributed by atoms with Crippen LogP contribution in [0.1, 0.15) is 91.7 Å². The number of carbonyl (C=O) groups is 3. The van der Waals surface area contributed by atoms with E-state index < -0.39 is 59.7 Å². The standard InChI is InChI=1S/C35H51BN2O8/c1-9-33(7)16-26(34(8)20(2)12-14-35(21(3)30(33)42)15-13-25(39)29(34)35)38(18-27(40)41)24-11-10-22-19-45-36(44)28(22)23(24)17-37-31(43)46-32(4,5)6/h9-11,20-21,26,29-30,42,44H,1,12-19H2,2-8H3,(H,37,43)(H,40,41)/t20-,21+,26-,29+,30+,33-,34+,35+/m1/s1. The van der Waals surface area contributed by atoms with Gasteiger partial charge >= 0.3 is 19.2 Å². The fourth-order valence-electron chi connectivity index (χ4n) is 9.64. The number of aliphatic hydroxyl groups excluding tert-OH is 1. The summed E-state index contributed by atoms with van der Waals surface area (Å²) in [5.74, 6) is -1.34. The smallest absolute Gasteiger partial charge is 0.480 e. The Hall–Kier alpha value is -2.89. The minimum Gasteiger partial charge on any atom is -0.480 e. The van der Waals surface area contributed by atoms with Gasteiger partial charge in [-0.25, -0.2) is 4.79 Å². The minimum atomic E-state index is -1.26. The van der Waals surface area contributed by atoms with Crippen molar-refractivity contribution in [2.24, 2.45) is 34.0 Å². The third kappa shape index (κ3) is 5.56. The number of aliphatic hydroxyl groups is 1. The number of nitrogens with zero attached hydrogens (tertiary/aromatic N) is 1. The van der Waals surface area contributed by atoms with Gasteiger partial charge in [0.05, 0.1) is 12.7 Å². The van der Waals surface area contributed by atoms with Gasteiger partial charge in [0, 0.05) is 41.4 Å². The van der Waals surface area contributed by atoms with Crippen molar-refractivity contribution in [3.63, 3.8) is 0 Å². The highest BCUT2D eigenvalue weighted by atomic mass is 16.6. The fourth-order valence-corrected chi connectivity index (χ4v) is 9.64. The summed E-state index contributed by atoms with van der Waals surface area (Å²) < 4.78 is 11.1. The van der Waals surface area contributed by atoms with Crippen molar-refractivity contribution in [1.82, 2.24) is 5.32 Å². The zero-order chi connectivity index (χ0) is 34.0. The summed E-state index contributed by atoms with van der Waals surface area (Å²) in [6.45, 7) is 17.6. The topological polar surface area (TPSA) is 146 Å². The Morgan fingerprint density at radius 1 is 1.24 bits per heavy atom. The maximum absolute atomic E-state index is 14.0. The number of ketones is 1.